The van der Waals surface area contributed by atoms with Crippen molar-refractivity contribution < 1.29 is 4.79 Å². The molecule has 1 N–H and O–H groups in total. The lowest BCUT2D eigenvalue weighted by molar-refractivity contribution is 0.0938. The van der Waals surface area contributed by atoms with Crippen LogP contribution in [-0.2, 0) is 5.75 Å². The highest BCUT2D eigenvalue weighted by molar-refractivity contribution is 7.98. The van der Waals surface area contributed by atoms with Gasteiger partial charge < -0.3 is 5.32 Å². The van der Waals surface area contributed by atoms with Gasteiger partial charge >= 0.3 is 0 Å². The molecule has 1 heterocycles. The predicted molar refractivity (Wildman–Crippen MR) is 139 cm³/mol. The Morgan fingerprint density at radius 2 is 1.74 bits per heavy atom. The van der Waals surface area contributed by atoms with Crippen LogP contribution in [0.15, 0.2) is 71.9 Å². The van der Waals surface area contributed by atoms with Gasteiger partial charge in [0.1, 0.15) is 0 Å². The lowest BCUT2D eigenvalue weighted by Gasteiger charge is -2.18. The van der Waals surface area contributed by atoms with E-state index in [1.54, 1.807) is 11.8 Å². The molecule has 4 rings (SSSR count). The van der Waals surface area contributed by atoms with Crippen LogP contribution in [0.5, 0.6) is 0 Å². The molecule has 174 valence electrons. The van der Waals surface area contributed by atoms with E-state index in [1.807, 2.05) is 79.9 Å². The van der Waals surface area contributed by atoms with Crippen molar-refractivity contribution in [2.24, 2.45) is 0 Å². The number of carbonyl (C=O) groups excluding carboxylic acids is 1. The zero-order valence-electron chi connectivity index (χ0n) is 19.7. The van der Waals surface area contributed by atoms with Gasteiger partial charge in [0.25, 0.3) is 5.91 Å². The van der Waals surface area contributed by atoms with Gasteiger partial charge in [-0.15, -0.1) is 10.2 Å². The van der Waals surface area contributed by atoms with Gasteiger partial charge in [-0.2, -0.15) is 0 Å². The van der Waals surface area contributed by atoms with Crippen molar-refractivity contribution in [3.63, 3.8) is 0 Å². The van der Waals surface area contributed by atoms with E-state index in [0.717, 1.165) is 27.7 Å². The minimum absolute atomic E-state index is 0.154. The highest BCUT2D eigenvalue weighted by Gasteiger charge is 2.23. The van der Waals surface area contributed by atoms with Gasteiger partial charge in [-0.1, -0.05) is 71.4 Å². The lowest BCUT2D eigenvalue weighted by Crippen LogP contribution is -2.28. The summed E-state index contributed by atoms with van der Waals surface area (Å²) in [5.74, 6) is 1.26. The molecule has 4 aromatic rings. The second kappa shape index (κ2) is 10.5. The maximum atomic E-state index is 12.9. The number of nitrogens with zero attached hydrogens (tertiary/aromatic N) is 3. The van der Waals surface area contributed by atoms with E-state index in [-0.39, 0.29) is 11.9 Å². The van der Waals surface area contributed by atoms with E-state index in [1.165, 1.54) is 11.1 Å². The minimum atomic E-state index is -0.368. The summed E-state index contributed by atoms with van der Waals surface area (Å²) in [6.45, 7) is 8.05. The van der Waals surface area contributed by atoms with E-state index in [9.17, 15) is 4.79 Å². The standard InChI is InChI=1S/C27H27ClN4OS/c1-17-9-12-21(13-10-17)26(33)29-20(4)25-30-31-27(34-16-22-8-6-5-7-18(22)2)32(25)24-15-23(28)14-11-19(24)3/h5-15,20H,16H2,1-4H3,(H,29,33). The van der Waals surface area contributed by atoms with Crippen molar-refractivity contribution in [1.82, 2.24) is 20.1 Å². The molecule has 5 nitrogen and oxygen atoms in total. The van der Waals surface area contributed by atoms with Crippen molar-refractivity contribution in [3.05, 3.63) is 105 Å². The van der Waals surface area contributed by atoms with Crippen LogP contribution in [0.4, 0.5) is 0 Å². The van der Waals surface area contributed by atoms with Crippen LogP contribution in [0.25, 0.3) is 5.69 Å². The van der Waals surface area contributed by atoms with Gasteiger partial charge in [-0.3, -0.25) is 9.36 Å². The number of hydrogen-bond donors (Lipinski definition) is 1. The number of halogens is 1. The van der Waals surface area contributed by atoms with Crippen molar-refractivity contribution in [2.45, 2.75) is 44.6 Å². The number of aryl methyl sites for hydroxylation is 3. The van der Waals surface area contributed by atoms with Crippen molar-refractivity contribution >= 4 is 29.3 Å². The fraction of sp³-hybridized carbons (Fsp3) is 0.222. The molecule has 0 spiro atoms. The summed E-state index contributed by atoms with van der Waals surface area (Å²) in [5.41, 5.74) is 6.13. The first kappa shape index (κ1) is 24.0. The molecular weight excluding hydrogens is 464 g/mol. The molecule has 0 radical (unpaired) electrons. The predicted octanol–water partition coefficient (Wildman–Crippen LogP) is 6.63. The maximum Gasteiger partial charge on any atom is 0.251 e. The Morgan fingerprint density at radius 1 is 1.00 bits per heavy atom. The topological polar surface area (TPSA) is 59.8 Å². The van der Waals surface area contributed by atoms with Gasteiger partial charge in [0.15, 0.2) is 11.0 Å². The second-order valence-corrected chi connectivity index (χ2v) is 9.76. The molecule has 0 saturated heterocycles. The number of amides is 1. The number of thioether (sulfide) groups is 1. The van der Waals surface area contributed by atoms with Crippen molar-refractivity contribution in [1.29, 1.82) is 0 Å². The quantitative estimate of drug-likeness (QED) is 0.295. The fourth-order valence-electron chi connectivity index (χ4n) is 3.67. The summed E-state index contributed by atoms with van der Waals surface area (Å²) in [4.78, 5) is 12.9. The van der Waals surface area contributed by atoms with Crippen LogP contribution in [-0.4, -0.2) is 20.7 Å². The van der Waals surface area contributed by atoms with Crippen LogP contribution < -0.4 is 5.32 Å². The average Bonchev–Trinajstić information content (AvgIpc) is 3.24. The molecule has 1 amide bonds. The summed E-state index contributed by atoms with van der Waals surface area (Å²) >= 11 is 7.97. The Balaban J connectivity index is 1.67. The number of hydrogen-bond acceptors (Lipinski definition) is 4. The zero-order chi connectivity index (χ0) is 24.2. The van der Waals surface area contributed by atoms with Crippen LogP contribution in [0.2, 0.25) is 5.02 Å². The van der Waals surface area contributed by atoms with E-state index in [0.29, 0.717) is 16.4 Å². The zero-order valence-corrected chi connectivity index (χ0v) is 21.2. The van der Waals surface area contributed by atoms with Crippen LogP contribution in [0, 0.1) is 20.8 Å². The molecule has 1 atom stereocenters. The number of benzene rings is 3. The SMILES string of the molecule is Cc1ccc(C(=O)NC(C)c2nnc(SCc3ccccc3C)n2-c2cc(Cl)ccc2C)cc1. The molecule has 0 saturated carbocycles. The largest absolute Gasteiger partial charge is 0.342 e. The summed E-state index contributed by atoms with van der Waals surface area (Å²) in [7, 11) is 0. The minimum Gasteiger partial charge on any atom is -0.342 e. The van der Waals surface area contributed by atoms with Crippen LogP contribution in [0.1, 0.15) is 51.4 Å². The van der Waals surface area contributed by atoms with Gasteiger partial charge in [0, 0.05) is 16.3 Å². The lowest BCUT2D eigenvalue weighted by atomic mass is 10.1. The monoisotopic (exact) mass is 490 g/mol. The highest BCUT2D eigenvalue weighted by Crippen LogP contribution is 2.31. The Kier molecular flexibility index (Phi) is 7.39. The van der Waals surface area contributed by atoms with Gasteiger partial charge in [-0.25, -0.2) is 0 Å². The third kappa shape index (κ3) is 5.34. The smallest absolute Gasteiger partial charge is 0.251 e. The van der Waals surface area contributed by atoms with E-state index >= 15 is 0 Å². The third-order valence-electron chi connectivity index (χ3n) is 5.74. The van der Waals surface area contributed by atoms with Gasteiger partial charge in [0.2, 0.25) is 0 Å². The van der Waals surface area contributed by atoms with E-state index in [4.69, 9.17) is 11.6 Å². The summed E-state index contributed by atoms with van der Waals surface area (Å²) in [5, 5.41) is 13.4. The average molecular weight is 491 g/mol. The summed E-state index contributed by atoms with van der Waals surface area (Å²) in [6.07, 6.45) is 0. The number of carbonyl (C=O) groups is 1. The molecule has 34 heavy (non-hydrogen) atoms. The highest BCUT2D eigenvalue weighted by atomic mass is 35.5. The van der Waals surface area contributed by atoms with Crippen LogP contribution >= 0.6 is 23.4 Å². The molecule has 0 aliphatic rings. The number of nitrogens with one attached hydrogen (secondary N) is 1. The van der Waals surface area contributed by atoms with Crippen LogP contribution in [0.3, 0.4) is 0 Å². The normalized spacial score (nSPS) is 11.9. The molecule has 7 heteroatoms. The molecule has 0 bridgehead atoms. The molecule has 3 aromatic carbocycles. The Morgan fingerprint density at radius 3 is 2.47 bits per heavy atom. The fourth-order valence-corrected chi connectivity index (χ4v) is 4.86. The molecule has 0 fully saturated rings. The Labute approximate surface area is 209 Å². The molecular formula is C27H27ClN4OS. The first-order valence-corrected chi connectivity index (χ1v) is 12.5. The Hall–Kier alpha value is -3.09. The molecule has 0 aliphatic carbocycles. The van der Waals surface area contributed by atoms with E-state index < -0.39 is 0 Å². The maximum absolute atomic E-state index is 12.9. The molecule has 1 unspecified atom stereocenters. The van der Waals surface area contributed by atoms with Crippen molar-refractivity contribution in [2.75, 3.05) is 0 Å². The third-order valence-corrected chi connectivity index (χ3v) is 6.95. The number of rotatable bonds is 7. The second-order valence-electron chi connectivity index (χ2n) is 8.38. The van der Waals surface area contributed by atoms with E-state index in [2.05, 4.69) is 34.6 Å². The van der Waals surface area contributed by atoms with Gasteiger partial charge in [0.05, 0.1) is 11.7 Å². The first-order valence-electron chi connectivity index (χ1n) is 11.1. The first-order chi connectivity index (χ1) is 16.3. The summed E-state index contributed by atoms with van der Waals surface area (Å²) < 4.78 is 2.00. The summed E-state index contributed by atoms with van der Waals surface area (Å²) in [6, 6.07) is 21.2. The molecule has 1 aromatic heterocycles. The Bertz CT molecular complexity index is 1320. The van der Waals surface area contributed by atoms with Crippen molar-refractivity contribution in [3.8, 4) is 5.69 Å². The number of aromatic nitrogens is 3. The van der Waals surface area contributed by atoms with Gasteiger partial charge in [-0.05, 0) is 68.7 Å². The molecule has 0 aliphatic heterocycles.